The fourth-order valence-electron chi connectivity index (χ4n) is 4.00. The van der Waals surface area contributed by atoms with Crippen molar-refractivity contribution in [2.75, 3.05) is 38.2 Å². The lowest BCUT2D eigenvalue weighted by molar-refractivity contribution is 0.180. The first-order chi connectivity index (χ1) is 15.3. The van der Waals surface area contributed by atoms with Crippen molar-refractivity contribution >= 4 is 48.3 Å². The molecule has 0 spiro atoms. The number of anilines is 1. The maximum absolute atomic E-state index is 11.8. The van der Waals surface area contributed by atoms with E-state index in [1.165, 1.54) is 10.6 Å². The topological polar surface area (TPSA) is 110 Å². The van der Waals surface area contributed by atoms with Crippen molar-refractivity contribution in [2.45, 2.75) is 6.54 Å². The van der Waals surface area contributed by atoms with Gasteiger partial charge in [0.1, 0.15) is 5.82 Å². The van der Waals surface area contributed by atoms with Gasteiger partial charge < -0.3 is 5.73 Å². The van der Waals surface area contributed by atoms with E-state index in [9.17, 15) is 8.42 Å². The maximum atomic E-state index is 11.8. The first kappa shape index (κ1) is 21.3. The highest BCUT2D eigenvalue weighted by Gasteiger charge is 2.25. The summed E-state index contributed by atoms with van der Waals surface area (Å²) in [6.07, 6.45) is 4.83. The molecule has 0 bridgehead atoms. The number of benzene rings is 1. The third kappa shape index (κ3) is 3.85. The van der Waals surface area contributed by atoms with E-state index in [0.29, 0.717) is 48.7 Å². The zero-order chi connectivity index (χ0) is 22.5. The van der Waals surface area contributed by atoms with E-state index >= 15 is 0 Å². The first-order valence-electron chi connectivity index (χ1n) is 10.2. The van der Waals surface area contributed by atoms with Gasteiger partial charge >= 0.3 is 0 Å². The van der Waals surface area contributed by atoms with Crippen LogP contribution in [0.4, 0.5) is 5.82 Å². The highest BCUT2D eigenvalue weighted by Crippen LogP contribution is 2.31. The Bertz CT molecular complexity index is 1430. The molecule has 1 saturated heterocycles. The smallest absolute Gasteiger partial charge is 0.211 e. The van der Waals surface area contributed by atoms with Crippen molar-refractivity contribution in [1.82, 2.24) is 28.8 Å². The number of piperazine rings is 1. The predicted molar refractivity (Wildman–Crippen MR) is 128 cm³/mol. The van der Waals surface area contributed by atoms with Crippen LogP contribution in [0.25, 0.3) is 27.7 Å². The van der Waals surface area contributed by atoms with Crippen molar-refractivity contribution in [1.29, 1.82) is 0 Å². The van der Waals surface area contributed by atoms with Gasteiger partial charge in [-0.1, -0.05) is 18.2 Å². The first-order valence-corrected chi connectivity index (χ1v) is 12.8. The Morgan fingerprint density at radius 2 is 1.88 bits per heavy atom. The second-order valence-electron chi connectivity index (χ2n) is 7.91. The molecular formula is C21H22BrN7O2S. The lowest BCUT2D eigenvalue weighted by Gasteiger charge is -2.33. The molecule has 1 fully saturated rings. The molecule has 1 aliphatic rings. The standard InChI is InChI=1S/C21H22BrN7O2S/c1-32(30,31)28-8-6-27(7-9-28)13-18-19(22)20(23)29-21(26-18)16(12-25-29)15-10-14-4-2-3-5-17(14)24-11-15/h2-5,10-12H,6-9,13,23H2,1H3. The highest BCUT2D eigenvalue weighted by atomic mass is 79.9. The van der Waals surface area contributed by atoms with E-state index in [2.05, 4.69) is 37.0 Å². The predicted octanol–water partition coefficient (Wildman–Crippen LogP) is 2.37. The van der Waals surface area contributed by atoms with Crippen molar-refractivity contribution in [2.24, 2.45) is 0 Å². The van der Waals surface area contributed by atoms with Crippen LogP contribution in [0, 0.1) is 0 Å². The molecule has 4 heterocycles. The van der Waals surface area contributed by atoms with Gasteiger partial charge in [-0.15, -0.1) is 0 Å². The number of hydrogen-bond acceptors (Lipinski definition) is 7. The number of para-hydroxylation sites is 1. The normalized spacial score (nSPS) is 16.2. The summed E-state index contributed by atoms with van der Waals surface area (Å²) in [5.41, 5.74) is 10.5. The van der Waals surface area contributed by atoms with Gasteiger partial charge in [-0.05, 0) is 28.1 Å². The van der Waals surface area contributed by atoms with Crippen molar-refractivity contribution < 1.29 is 8.42 Å². The summed E-state index contributed by atoms with van der Waals surface area (Å²) in [5, 5.41) is 5.48. The van der Waals surface area contributed by atoms with Crippen LogP contribution in [-0.4, -0.2) is 69.6 Å². The molecule has 32 heavy (non-hydrogen) atoms. The van der Waals surface area contributed by atoms with Crippen LogP contribution < -0.4 is 5.73 Å². The summed E-state index contributed by atoms with van der Waals surface area (Å²) in [5.74, 6) is 0.472. The zero-order valence-electron chi connectivity index (χ0n) is 17.4. The highest BCUT2D eigenvalue weighted by molar-refractivity contribution is 9.10. The molecule has 4 aromatic rings. The van der Waals surface area contributed by atoms with Crippen LogP contribution in [0.5, 0.6) is 0 Å². The van der Waals surface area contributed by atoms with Crippen molar-refractivity contribution in [3.05, 3.63) is 52.9 Å². The van der Waals surface area contributed by atoms with Crippen LogP contribution in [0.3, 0.4) is 0 Å². The van der Waals surface area contributed by atoms with Crippen LogP contribution in [0.1, 0.15) is 5.69 Å². The Hall–Kier alpha value is -2.60. The van der Waals surface area contributed by atoms with E-state index in [4.69, 9.17) is 10.7 Å². The van der Waals surface area contributed by atoms with Gasteiger partial charge in [0, 0.05) is 55.4 Å². The largest absolute Gasteiger partial charge is 0.383 e. The Labute approximate surface area is 194 Å². The Morgan fingerprint density at radius 1 is 1.12 bits per heavy atom. The molecule has 0 amide bonds. The average Bonchev–Trinajstić information content (AvgIpc) is 3.20. The number of sulfonamides is 1. The van der Waals surface area contributed by atoms with Gasteiger partial charge in [-0.25, -0.2) is 13.4 Å². The molecule has 11 heteroatoms. The third-order valence-electron chi connectivity index (χ3n) is 5.77. The number of rotatable bonds is 4. The van der Waals surface area contributed by atoms with Crippen LogP contribution in [0.15, 0.2) is 47.2 Å². The molecule has 3 aromatic heterocycles. The quantitative estimate of drug-likeness (QED) is 0.444. The molecule has 1 aliphatic heterocycles. The van der Waals surface area contributed by atoms with Crippen molar-refractivity contribution in [3.63, 3.8) is 0 Å². The van der Waals surface area contributed by atoms with Gasteiger partial charge in [-0.2, -0.15) is 13.9 Å². The minimum Gasteiger partial charge on any atom is -0.383 e. The molecule has 0 atom stereocenters. The van der Waals surface area contributed by atoms with Crippen LogP contribution >= 0.6 is 15.9 Å². The second kappa shape index (κ2) is 8.07. The summed E-state index contributed by atoms with van der Waals surface area (Å²) in [7, 11) is -3.17. The van der Waals surface area contributed by atoms with Crippen molar-refractivity contribution in [3.8, 4) is 11.1 Å². The molecular weight excluding hydrogens is 494 g/mol. The van der Waals surface area contributed by atoms with E-state index in [1.54, 1.807) is 10.7 Å². The van der Waals surface area contributed by atoms with E-state index in [1.807, 2.05) is 30.5 Å². The number of fused-ring (bicyclic) bond motifs is 2. The van der Waals surface area contributed by atoms with Crippen LogP contribution in [-0.2, 0) is 16.6 Å². The van der Waals surface area contributed by atoms with E-state index in [-0.39, 0.29) is 0 Å². The van der Waals surface area contributed by atoms with Crippen LogP contribution in [0.2, 0.25) is 0 Å². The van der Waals surface area contributed by atoms with Gasteiger partial charge in [0.15, 0.2) is 5.65 Å². The second-order valence-corrected chi connectivity index (χ2v) is 10.7. The lowest BCUT2D eigenvalue weighted by Crippen LogP contribution is -2.47. The minimum atomic E-state index is -3.17. The average molecular weight is 516 g/mol. The monoisotopic (exact) mass is 515 g/mol. The van der Waals surface area contributed by atoms with Gasteiger partial charge in [0.2, 0.25) is 10.0 Å². The number of nitrogens with zero attached hydrogens (tertiary/aromatic N) is 6. The molecule has 166 valence electrons. The number of nitrogen functional groups attached to an aromatic ring is 1. The fraction of sp³-hybridized carbons (Fsp3) is 0.286. The Morgan fingerprint density at radius 3 is 2.62 bits per heavy atom. The fourth-order valence-corrected chi connectivity index (χ4v) is 5.21. The molecule has 2 N–H and O–H groups in total. The number of nitrogens with two attached hydrogens (primary N) is 1. The van der Waals surface area contributed by atoms with E-state index < -0.39 is 10.0 Å². The number of pyridine rings is 1. The Kier molecular flexibility index (Phi) is 5.36. The number of hydrogen-bond donors (Lipinski definition) is 1. The molecule has 0 unspecified atom stereocenters. The number of aromatic nitrogens is 4. The summed E-state index contributed by atoms with van der Waals surface area (Å²) < 4.78 is 27.4. The zero-order valence-corrected chi connectivity index (χ0v) is 19.8. The molecule has 5 rings (SSSR count). The van der Waals surface area contributed by atoms with Gasteiger partial charge in [0.25, 0.3) is 0 Å². The molecule has 0 radical (unpaired) electrons. The summed E-state index contributed by atoms with van der Waals surface area (Å²) >= 11 is 3.58. The maximum Gasteiger partial charge on any atom is 0.211 e. The summed E-state index contributed by atoms with van der Waals surface area (Å²) in [6.45, 7) is 2.75. The van der Waals surface area contributed by atoms with Gasteiger partial charge in [0.05, 0.1) is 28.1 Å². The molecule has 1 aromatic carbocycles. The Balaban J connectivity index is 1.49. The molecule has 0 saturated carbocycles. The SMILES string of the molecule is CS(=O)(=O)N1CCN(Cc2nc3c(-c4cnc5ccccc5c4)cnn3c(N)c2Br)CC1. The molecule has 0 aliphatic carbocycles. The summed E-state index contributed by atoms with van der Waals surface area (Å²) in [6, 6.07) is 10.0. The number of halogens is 1. The van der Waals surface area contributed by atoms with E-state index in [0.717, 1.165) is 27.7 Å². The summed E-state index contributed by atoms with van der Waals surface area (Å²) in [4.78, 5) is 11.6. The minimum absolute atomic E-state index is 0.467. The van der Waals surface area contributed by atoms with Gasteiger partial charge in [-0.3, -0.25) is 9.88 Å². The lowest BCUT2D eigenvalue weighted by atomic mass is 10.1. The molecule has 9 nitrogen and oxygen atoms in total. The third-order valence-corrected chi connectivity index (χ3v) is 7.93.